The van der Waals surface area contributed by atoms with Crippen molar-refractivity contribution in [3.63, 3.8) is 0 Å². The van der Waals surface area contributed by atoms with E-state index in [1.807, 2.05) is 0 Å². The summed E-state index contributed by atoms with van der Waals surface area (Å²) in [6.07, 6.45) is 8.25. The zero-order valence-electron chi connectivity index (χ0n) is 11.9. The molecular formula is C15H29N3. The molecule has 0 aromatic carbocycles. The molecule has 0 aromatic rings. The van der Waals surface area contributed by atoms with E-state index in [9.17, 15) is 0 Å². The number of nitrogens with zero attached hydrogens (tertiary/aromatic N) is 2. The molecule has 2 saturated carbocycles. The first-order chi connectivity index (χ1) is 8.72. The lowest BCUT2D eigenvalue weighted by atomic mass is 9.85. The molecule has 2 aliphatic carbocycles. The summed E-state index contributed by atoms with van der Waals surface area (Å²) in [4.78, 5) is 5.45. The van der Waals surface area contributed by atoms with E-state index in [0.29, 0.717) is 6.04 Å². The summed E-state index contributed by atoms with van der Waals surface area (Å²) in [5.74, 6) is 0.971. The van der Waals surface area contributed by atoms with E-state index in [1.165, 1.54) is 64.7 Å². The van der Waals surface area contributed by atoms with Crippen molar-refractivity contribution in [2.24, 2.45) is 11.7 Å². The lowest BCUT2D eigenvalue weighted by Gasteiger charge is -2.47. The molecule has 3 nitrogen and oxygen atoms in total. The molecule has 3 rings (SSSR count). The van der Waals surface area contributed by atoms with Crippen LogP contribution in [-0.2, 0) is 0 Å². The van der Waals surface area contributed by atoms with E-state index in [4.69, 9.17) is 5.73 Å². The Kier molecular flexibility index (Phi) is 3.92. The fourth-order valence-corrected chi connectivity index (χ4v) is 4.00. The third-order valence-corrected chi connectivity index (χ3v) is 5.52. The predicted molar refractivity (Wildman–Crippen MR) is 75.6 cm³/mol. The molecule has 18 heavy (non-hydrogen) atoms. The first-order valence-corrected chi connectivity index (χ1v) is 7.96. The molecule has 0 spiro atoms. The maximum absolute atomic E-state index is 5.90. The third-order valence-electron chi connectivity index (χ3n) is 5.52. The fraction of sp³-hybridized carbons (Fsp3) is 1.00. The number of rotatable bonds is 2. The van der Waals surface area contributed by atoms with Gasteiger partial charge in [-0.1, -0.05) is 6.92 Å². The van der Waals surface area contributed by atoms with Gasteiger partial charge in [-0.25, -0.2) is 0 Å². The molecule has 0 atom stereocenters. The maximum atomic E-state index is 5.90. The summed E-state index contributed by atoms with van der Waals surface area (Å²) in [5.41, 5.74) is 5.90. The molecule has 0 bridgehead atoms. The highest BCUT2D eigenvalue weighted by Gasteiger charge is 2.34. The summed E-state index contributed by atoms with van der Waals surface area (Å²) < 4.78 is 0. The number of piperazine rings is 1. The van der Waals surface area contributed by atoms with Gasteiger partial charge in [0.2, 0.25) is 0 Å². The molecule has 3 aliphatic rings. The normalized spacial score (nSPS) is 43.7. The molecule has 1 aliphatic heterocycles. The van der Waals surface area contributed by atoms with E-state index in [2.05, 4.69) is 16.7 Å². The van der Waals surface area contributed by atoms with Gasteiger partial charge < -0.3 is 5.73 Å². The molecule has 3 heteroatoms. The van der Waals surface area contributed by atoms with Crippen LogP contribution < -0.4 is 5.73 Å². The second-order valence-corrected chi connectivity index (χ2v) is 6.87. The average Bonchev–Trinajstić information content (AvgIpc) is 2.36. The van der Waals surface area contributed by atoms with Gasteiger partial charge in [-0.2, -0.15) is 0 Å². The van der Waals surface area contributed by atoms with Crippen molar-refractivity contribution in [3.8, 4) is 0 Å². The highest BCUT2D eigenvalue weighted by Crippen LogP contribution is 2.29. The predicted octanol–water partition coefficient (Wildman–Crippen LogP) is 1.67. The second kappa shape index (κ2) is 5.48. The smallest absolute Gasteiger partial charge is 0.0126 e. The van der Waals surface area contributed by atoms with Gasteiger partial charge in [0.25, 0.3) is 0 Å². The van der Waals surface area contributed by atoms with Crippen LogP contribution >= 0.6 is 0 Å². The monoisotopic (exact) mass is 251 g/mol. The average molecular weight is 251 g/mol. The van der Waals surface area contributed by atoms with Crippen LogP contribution in [-0.4, -0.2) is 54.1 Å². The van der Waals surface area contributed by atoms with Crippen LogP contribution in [0.25, 0.3) is 0 Å². The van der Waals surface area contributed by atoms with Gasteiger partial charge in [-0.15, -0.1) is 0 Å². The topological polar surface area (TPSA) is 32.5 Å². The van der Waals surface area contributed by atoms with E-state index >= 15 is 0 Å². The Labute approximate surface area is 112 Å². The molecule has 0 unspecified atom stereocenters. The highest BCUT2D eigenvalue weighted by molar-refractivity contribution is 4.92. The van der Waals surface area contributed by atoms with Gasteiger partial charge in [0.15, 0.2) is 0 Å². The Morgan fingerprint density at radius 3 is 1.78 bits per heavy atom. The van der Waals surface area contributed by atoms with E-state index in [1.54, 1.807) is 0 Å². The van der Waals surface area contributed by atoms with Crippen LogP contribution in [0, 0.1) is 5.92 Å². The SMILES string of the molecule is CC1CCC(N2CCN(C3CC(N)C3)CC2)CC1. The first-order valence-electron chi connectivity index (χ1n) is 7.96. The van der Waals surface area contributed by atoms with Crippen LogP contribution in [0.1, 0.15) is 45.4 Å². The van der Waals surface area contributed by atoms with Gasteiger partial charge >= 0.3 is 0 Å². The Morgan fingerprint density at radius 1 is 0.778 bits per heavy atom. The molecule has 104 valence electrons. The number of hydrogen-bond donors (Lipinski definition) is 1. The number of nitrogens with two attached hydrogens (primary N) is 1. The molecule has 0 amide bonds. The van der Waals surface area contributed by atoms with Crippen molar-refractivity contribution in [1.29, 1.82) is 0 Å². The van der Waals surface area contributed by atoms with Crippen LogP contribution in [0.2, 0.25) is 0 Å². The molecule has 0 radical (unpaired) electrons. The Morgan fingerprint density at radius 2 is 1.28 bits per heavy atom. The minimum Gasteiger partial charge on any atom is -0.328 e. The first kappa shape index (κ1) is 12.9. The van der Waals surface area contributed by atoms with E-state index in [0.717, 1.165) is 18.0 Å². The van der Waals surface area contributed by atoms with Crippen molar-refractivity contribution in [2.75, 3.05) is 26.2 Å². The third kappa shape index (κ3) is 2.73. The van der Waals surface area contributed by atoms with E-state index < -0.39 is 0 Å². The molecule has 1 saturated heterocycles. The Balaban J connectivity index is 1.42. The van der Waals surface area contributed by atoms with Crippen LogP contribution in [0.5, 0.6) is 0 Å². The quantitative estimate of drug-likeness (QED) is 0.810. The van der Waals surface area contributed by atoms with Crippen molar-refractivity contribution in [3.05, 3.63) is 0 Å². The number of hydrogen-bond acceptors (Lipinski definition) is 3. The van der Waals surface area contributed by atoms with Gasteiger partial charge in [-0.3, -0.25) is 9.80 Å². The summed E-state index contributed by atoms with van der Waals surface area (Å²) in [6, 6.07) is 2.20. The lowest BCUT2D eigenvalue weighted by Crippen LogP contribution is -2.58. The van der Waals surface area contributed by atoms with Gasteiger partial charge in [-0.05, 0) is 44.4 Å². The van der Waals surface area contributed by atoms with Crippen molar-refractivity contribution in [1.82, 2.24) is 9.80 Å². The van der Waals surface area contributed by atoms with Crippen molar-refractivity contribution < 1.29 is 0 Å². The van der Waals surface area contributed by atoms with E-state index in [-0.39, 0.29) is 0 Å². The second-order valence-electron chi connectivity index (χ2n) is 6.87. The Hall–Kier alpha value is -0.120. The van der Waals surface area contributed by atoms with Gasteiger partial charge in [0.1, 0.15) is 0 Å². The van der Waals surface area contributed by atoms with Crippen LogP contribution in [0.3, 0.4) is 0 Å². The standard InChI is InChI=1S/C15H29N3/c1-12-2-4-14(5-3-12)17-6-8-18(9-7-17)15-10-13(16)11-15/h12-15H,2-11,16H2,1H3. The summed E-state index contributed by atoms with van der Waals surface area (Å²) in [6.45, 7) is 7.57. The molecule has 1 heterocycles. The van der Waals surface area contributed by atoms with Gasteiger partial charge in [0.05, 0.1) is 0 Å². The largest absolute Gasteiger partial charge is 0.328 e. The molecule has 0 aromatic heterocycles. The lowest BCUT2D eigenvalue weighted by molar-refractivity contribution is 0.0252. The molecule has 3 fully saturated rings. The Bertz CT molecular complexity index is 259. The summed E-state index contributed by atoms with van der Waals surface area (Å²) >= 11 is 0. The zero-order valence-corrected chi connectivity index (χ0v) is 11.9. The maximum Gasteiger partial charge on any atom is 0.0126 e. The summed E-state index contributed by atoms with van der Waals surface area (Å²) in [5, 5.41) is 0. The zero-order chi connectivity index (χ0) is 12.5. The highest BCUT2D eigenvalue weighted by atomic mass is 15.3. The molecular weight excluding hydrogens is 222 g/mol. The molecule has 2 N–H and O–H groups in total. The van der Waals surface area contributed by atoms with Gasteiger partial charge in [0, 0.05) is 44.3 Å². The van der Waals surface area contributed by atoms with Crippen LogP contribution in [0.4, 0.5) is 0 Å². The minimum absolute atomic E-state index is 0.493. The minimum atomic E-state index is 0.493. The summed E-state index contributed by atoms with van der Waals surface area (Å²) in [7, 11) is 0. The fourth-order valence-electron chi connectivity index (χ4n) is 4.00. The van der Waals surface area contributed by atoms with Crippen molar-refractivity contribution in [2.45, 2.75) is 63.6 Å². The van der Waals surface area contributed by atoms with Crippen LogP contribution in [0.15, 0.2) is 0 Å². The van der Waals surface area contributed by atoms with Crippen molar-refractivity contribution >= 4 is 0 Å².